The fraction of sp³-hybridized carbons (Fsp3) is 0.440. The van der Waals surface area contributed by atoms with Gasteiger partial charge in [-0.15, -0.1) is 0 Å². The van der Waals surface area contributed by atoms with Gasteiger partial charge in [-0.1, -0.05) is 60.7 Å². The Balaban J connectivity index is 1.45. The highest BCUT2D eigenvalue weighted by atomic mass is 16.5. The van der Waals surface area contributed by atoms with Crippen molar-refractivity contribution in [1.82, 2.24) is 10.2 Å². The maximum Gasteiger partial charge on any atom is 0.331 e. The number of nitrogens with one attached hydrogen (secondary N) is 1. The molecule has 0 bridgehead atoms. The van der Waals surface area contributed by atoms with Crippen molar-refractivity contribution in [2.24, 2.45) is 5.41 Å². The zero-order chi connectivity index (χ0) is 21.7. The number of benzene rings is 2. The molecule has 0 saturated carbocycles. The molecule has 0 aromatic heterocycles. The molecule has 2 aliphatic heterocycles. The summed E-state index contributed by atoms with van der Waals surface area (Å²) in [6.45, 7) is 4.56. The Hall–Kier alpha value is -2.70. The molecule has 2 fully saturated rings. The van der Waals surface area contributed by atoms with Gasteiger partial charge in [0.25, 0.3) is 0 Å². The SMILES string of the molecule is C[C@@H](OCc1ccccc1)[C@@H](C(=O)OCc1ccccc1)N1CC2(CCCNC2)C1=O. The monoisotopic (exact) mass is 422 g/mol. The predicted molar refractivity (Wildman–Crippen MR) is 117 cm³/mol. The smallest absolute Gasteiger partial charge is 0.331 e. The van der Waals surface area contributed by atoms with Crippen molar-refractivity contribution in [2.45, 2.75) is 45.1 Å². The number of likely N-dealkylation sites (tertiary alicyclic amines) is 1. The van der Waals surface area contributed by atoms with Crippen LogP contribution in [0.4, 0.5) is 0 Å². The van der Waals surface area contributed by atoms with Crippen LogP contribution >= 0.6 is 0 Å². The minimum atomic E-state index is -0.757. The number of rotatable bonds is 8. The van der Waals surface area contributed by atoms with E-state index in [1.165, 1.54) is 0 Å². The van der Waals surface area contributed by atoms with Crippen LogP contribution in [0.2, 0.25) is 0 Å². The summed E-state index contributed by atoms with van der Waals surface area (Å²) in [4.78, 5) is 27.9. The minimum absolute atomic E-state index is 0.0246. The van der Waals surface area contributed by atoms with Gasteiger partial charge in [0.05, 0.1) is 18.1 Å². The molecule has 2 saturated heterocycles. The number of hydrogen-bond donors (Lipinski definition) is 1. The topological polar surface area (TPSA) is 67.9 Å². The molecule has 1 N–H and O–H groups in total. The molecular formula is C25H30N2O4. The number of carbonyl (C=O) groups is 2. The Kier molecular flexibility index (Phi) is 6.68. The van der Waals surface area contributed by atoms with Crippen LogP contribution in [0, 0.1) is 5.41 Å². The average Bonchev–Trinajstić information content (AvgIpc) is 2.83. The molecule has 2 aromatic carbocycles. The first-order chi connectivity index (χ1) is 15.1. The van der Waals surface area contributed by atoms with Gasteiger partial charge >= 0.3 is 5.97 Å². The van der Waals surface area contributed by atoms with Crippen molar-refractivity contribution in [2.75, 3.05) is 19.6 Å². The van der Waals surface area contributed by atoms with Crippen molar-refractivity contribution >= 4 is 11.9 Å². The van der Waals surface area contributed by atoms with E-state index in [2.05, 4.69) is 5.32 Å². The third-order valence-corrected chi connectivity index (χ3v) is 6.26. The van der Waals surface area contributed by atoms with Gasteiger partial charge in [-0.25, -0.2) is 4.79 Å². The van der Waals surface area contributed by atoms with Crippen LogP contribution in [0.15, 0.2) is 60.7 Å². The molecule has 0 aliphatic carbocycles. The Bertz CT molecular complexity index is 881. The number of esters is 1. The lowest BCUT2D eigenvalue weighted by molar-refractivity contribution is -0.184. The molecule has 1 spiro atoms. The van der Waals surface area contributed by atoms with Gasteiger partial charge in [-0.3, -0.25) is 4.79 Å². The lowest BCUT2D eigenvalue weighted by Crippen LogP contribution is -2.71. The third-order valence-electron chi connectivity index (χ3n) is 6.26. The van der Waals surface area contributed by atoms with E-state index in [9.17, 15) is 9.59 Å². The van der Waals surface area contributed by atoms with E-state index in [1.54, 1.807) is 4.90 Å². The van der Waals surface area contributed by atoms with Crippen LogP contribution < -0.4 is 5.32 Å². The molecule has 3 atom stereocenters. The fourth-order valence-electron chi connectivity index (χ4n) is 4.47. The van der Waals surface area contributed by atoms with Crippen molar-refractivity contribution in [1.29, 1.82) is 0 Å². The minimum Gasteiger partial charge on any atom is -0.459 e. The van der Waals surface area contributed by atoms with E-state index in [-0.39, 0.29) is 17.9 Å². The molecule has 2 aliphatic rings. The van der Waals surface area contributed by atoms with Gasteiger partial charge in [0.2, 0.25) is 5.91 Å². The summed E-state index contributed by atoms with van der Waals surface area (Å²) >= 11 is 0. The lowest BCUT2D eigenvalue weighted by Gasteiger charge is -2.53. The van der Waals surface area contributed by atoms with Crippen molar-refractivity contribution in [3.63, 3.8) is 0 Å². The van der Waals surface area contributed by atoms with Crippen LogP contribution in [0.5, 0.6) is 0 Å². The lowest BCUT2D eigenvalue weighted by atomic mass is 9.72. The number of β-lactam (4-membered cyclic amide) rings is 1. The van der Waals surface area contributed by atoms with Crippen LogP contribution in [-0.2, 0) is 32.3 Å². The van der Waals surface area contributed by atoms with Gasteiger partial charge < -0.3 is 19.7 Å². The summed E-state index contributed by atoms with van der Waals surface area (Å²) in [6, 6.07) is 18.6. The Labute approximate surface area is 183 Å². The van der Waals surface area contributed by atoms with E-state index >= 15 is 0 Å². The van der Waals surface area contributed by atoms with Gasteiger partial charge in [0.1, 0.15) is 6.61 Å². The number of nitrogens with zero attached hydrogens (tertiary/aromatic N) is 1. The maximum absolute atomic E-state index is 13.2. The zero-order valence-electron chi connectivity index (χ0n) is 18.0. The Morgan fingerprint density at radius 3 is 2.29 bits per heavy atom. The largest absolute Gasteiger partial charge is 0.459 e. The Morgan fingerprint density at radius 2 is 1.71 bits per heavy atom. The van der Waals surface area contributed by atoms with Crippen LogP contribution in [-0.4, -0.2) is 48.6 Å². The summed E-state index contributed by atoms with van der Waals surface area (Å²) in [5, 5.41) is 3.32. The normalized spacial score (nSPS) is 22.6. The first-order valence-corrected chi connectivity index (χ1v) is 11.0. The van der Waals surface area contributed by atoms with E-state index in [0.29, 0.717) is 19.7 Å². The zero-order valence-corrected chi connectivity index (χ0v) is 18.0. The highest BCUT2D eigenvalue weighted by Gasteiger charge is 2.56. The highest BCUT2D eigenvalue weighted by molar-refractivity contribution is 5.93. The molecule has 6 heteroatoms. The predicted octanol–water partition coefficient (Wildman–Crippen LogP) is 2.92. The first kappa shape index (κ1) is 21.5. The third kappa shape index (κ3) is 4.81. The van der Waals surface area contributed by atoms with E-state index in [1.807, 2.05) is 67.6 Å². The van der Waals surface area contributed by atoms with E-state index in [4.69, 9.17) is 9.47 Å². The molecule has 0 radical (unpaired) electrons. The van der Waals surface area contributed by atoms with Crippen molar-refractivity contribution < 1.29 is 19.1 Å². The molecule has 31 heavy (non-hydrogen) atoms. The molecule has 2 heterocycles. The maximum atomic E-state index is 13.2. The van der Waals surface area contributed by atoms with Crippen molar-refractivity contribution in [3.8, 4) is 0 Å². The van der Waals surface area contributed by atoms with Crippen LogP contribution in [0.1, 0.15) is 30.9 Å². The number of ether oxygens (including phenoxy) is 2. The summed E-state index contributed by atoms with van der Waals surface area (Å²) in [6.07, 6.45) is 1.35. The molecule has 4 rings (SSSR count). The van der Waals surface area contributed by atoms with Crippen molar-refractivity contribution in [3.05, 3.63) is 71.8 Å². The van der Waals surface area contributed by atoms with E-state index < -0.39 is 18.1 Å². The number of amides is 1. The highest BCUT2D eigenvalue weighted by Crippen LogP contribution is 2.40. The molecule has 6 nitrogen and oxygen atoms in total. The average molecular weight is 423 g/mol. The molecule has 2 aromatic rings. The summed E-state index contributed by atoms with van der Waals surface area (Å²) in [7, 11) is 0. The van der Waals surface area contributed by atoms with Gasteiger partial charge in [0, 0.05) is 13.1 Å². The van der Waals surface area contributed by atoms with Gasteiger partial charge in [-0.2, -0.15) is 0 Å². The number of carbonyl (C=O) groups excluding carboxylic acids is 2. The second kappa shape index (κ2) is 9.62. The molecule has 164 valence electrons. The van der Waals surface area contributed by atoms with Crippen LogP contribution in [0.3, 0.4) is 0 Å². The Morgan fingerprint density at radius 1 is 1.06 bits per heavy atom. The van der Waals surface area contributed by atoms with Gasteiger partial charge in [-0.05, 0) is 37.4 Å². The quantitative estimate of drug-likeness (QED) is 0.523. The number of piperidine rings is 1. The molecular weight excluding hydrogens is 392 g/mol. The number of hydrogen-bond acceptors (Lipinski definition) is 5. The summed E-state index contributed by atoms with van der Waals surface area (Å²) in [5.41, 5.74) is 1.55. The molecule has 1 unspecified atom stereocenters. The second-order valence-corrected chi connectivity index (χ2v) is 8.53. The summed E-state index contributed by atoms with van der Waals surface area (Å²) in [5.74, 6) is -0.395. The van der Waals surface area contributed by atoms with Gasteiger partial charge in [0.15, 0.2) is 6.04 Å². The van der Waals surface area contributed by atoms with Crippen LogP contribution in [0.25, 0.3) is 0 Å². The summed E-state index contributed by atoms with van der Waals surface area (Å²) < 4.78 is 11.6. The molecule has 1 amide bonds. The first-order valence-electron chi connectivity index (χ1n) is 11.0. The van der Waals surface area contributed by atoms with E-state index in [0.717, 1.165) is 30.5 Å². The standard InChI is InChI=1S/C25H30N2O4/c1-19(30-15-20-9-4-2-5-10-20)22(23(28)31-16-21-11-6-3-7-12-21)27-18-25(24(27)29)13-8-14-26-17-25/h2-7,9-12,19,22,26H,8,13-18H2,1H3/t19-,22+,25?/m1/s1. The fourth-order valence-corrected chi connectivity index (χ4v) is 4.47. The second-order valence-electron chi connectivity index (χ2n) is 8.53.